The number of nitrogens with two attached hydrogens (primary N) is 1. The summed E-state index contributed by atoms with van der Waals surface area (Å²) in [6.07, 6.45) is 2.92. The van der Waals surface area contributed by atoms with Crippen molar-refractivity contribution >= 4 is 29.0 Å². The molecule has 106 valence electrons. The number of hydrogen-bond acceptors (Lipinski definition) is 4. The molecule has 0 aromatic heterocycles. The van der Waals surface area contributed by atoms with Gasteiger partial charge in [0.2, 0.25) is 5.91 Å². The number of carbonyl (C=O) groups is 1. The van der Waals surface area contributed by atoms with Crippen molar-refractivity contribution in [1.82, 2.24) is 0 Å². The van der Waals surface area contributed by atoms with Crippen LogP contribution in [0.2, 0.25) is 0 Å². The summed E-state index contributed by atoms with van der Waals surface area (Å²) in [6, 6.07) is 5.20. The van der Waals surface area contributed by atoms with E-state index in [0.717, 1.165) is 11.5 Å². The van der Waals surface area contributed by atoms with E-state index in [1.165, 1.54) is 12.8 Å². The van der Waals surface area contributed by atoms with Gasteiger partial charge in [-0.25, -0.2) is 0 Å². The fourth-order valence-electron chi connectivity index (χ4n) is 1.54. The highest BCUT2D eigenvalue weighted by atomic mass is 32.2. The first kappa shape index (κ1) is 15.7. The molecule has 0 heterocycles. The van der Waals surface area contributed by atoms with Gasteiger partial charge in [0.25, 0.3) is 0 Å². The topological polar surface area (TPSA) is 64.4 Å². The number of rotatable bonds is 8. The number of benzene rings is 1. The van der Waals surface area contributed by atoms with Crippen LogP contribution in [0.5, 0.6) is 5.75 Å². The van der Waals surface area contributed by atoms with Crippen LogP contribution >= 0.6 is 11.8 Å². The van der Waals surface area contributed by atoms with E-state index in [-0.39, 0.29) is 5.91 Å². The third kappa shape index (κ3) is 5.87. The molecule has 5 heteroatoms. The molecule has 1 aromatic rings. The van der Waals surface area contributed by atoms with Crippen LogP contribution in [0.3, 0.4) is 0 Å². The zero-order chi connectivity index (χ0) is 14.1. The molecule has 0 saturated carbocycles. The Kier molecular flexibility index (Phi) is 7.18. The van der Waals surface area contributed by atoms with E-state index in [1.807, 2.05) is 11.8 Å². The van der Waals surface area contributed by atoms with E-state index in [0.29, 0.717) is 23.5 Å². The van der Waals surface area contributed by atoms with Gasteiger partial charge < -0.3 is 15.8 Å². The van der Waals surface area contributed by atoms with Crippen molar-refractivity contribution in [1.29, 1.82) is 0 Å². The minimum atomic E-state index is 0.00655. The Bertz CT molecular complexity index is 410. The first-order valence-corrected chi connectivity index (χ1v) is 7.64. The van der Waals surface area contributed by atoms with Crippen LogP contribution in [0.4, 0.5) is 11.4 Å². The normalized spacial score (nSPS) is 10.2. The van der Waals surface area contributed by atoms with Gasteiger partial charge in [-0.3, -0.25) is 4.79 Å². The van der Waals surface area contributed by atoms with Gasteiger partial charge in [-0.05, 0) is 24.3 Å². The number of nitrogens with one attached hydrogen (secondary N) is 1. The van der Waals surface area contributed by atoms with E-state index in [9.17, 15) is 4.79 Å². The lowest BCUT2D eigenvalue weighted by atomic mass is 10.2. The Hall–Kier alpha value is -1.36. The number of methoxy groups -OCH3 is 1. The lowest BCUT2D eigenvalue weighted by Crippen LogP contribution is -2.13. The molecule has 0 aliphatic rings. The van der Waals surface area contributed by atoms with Crippen LogP contribution in [-0.2, 0) is 4.79 Å². The average molecular weight is 282 g/mol. The number of unbranched alkanes of at least 4 members (excludes halogenated alkanes) is 1. The predicted octanol–water partition coefficient (Wildman–Crippen LogP) is 3.14. The monoisotopic (exact) mass is 282 g/mol. The maximum absolute atomic E-state index is 11.8. The molecule has 0 bridgehead atoms. The van der Waals surface area contributed by atoms with Crippen molar-refractivity contribution in [2.24, 2.45) is 0 Å². The molecule has 0 aliphatic heterocycles. The van der Waals surface area contributed by atoms with Gasteiger partial charge in [-0.15, -0.1) is 0 Å². The van der Waals surface area contributed by atoms with Gasteiger partial charge in [0, 0.05) is 23.9 Å². The summed E-state index contributed by atoms with van der Waals surface area (Å²) in [5, 5.41) is 2.85. The van der Waals surface area contributed by atoms with Crippen LogP contribution in [0.15, 0.2) is 18.2 Å². The molecule has 1 rings (SSSR count). The second-order valence-electron chi connectivity index (χ2n) is 4.22. The minimum Gasteiger partial charge on any atom is -0.494 e. The van der Waals surface area contributed by atoms with E-state index >= 15 is 0 Å². The second kappa shape index (κ2) is 8.69. The summed E-state index contributed by atoms with van der Waals surface area (Å²) >= 11 is 1.82. The molecule has 0 atom stereocenters. The molecule has 0 fully saturated rings. The van der Waals surface area contributed by atoms with Gasteiger partial charge in [0.1, 0.15) is 5.75 Å². The number of amides is 1. The van der Waals surface area contributed by atoms with E-state index in [1.54, 1.807) is 25.3 Å². The molecule has 1 amide bonds. The van der Waals surface area contributed by atoms with Crippen LogP contribution in [0.1, 0.15) is 26.2 Å². The third-order valence-corrected chi connectivity index (χ3v) is 3.69. The van der Waals surface area contributed by atoms with Crippen molar-refractivity contribution in [3.63, 3.8) is 0 Å². The molecule has 19 heavy (non-hydrogen) atoms. The fourth-order valence-corrected chi connectivity index (χ4v) is 2.56. The Morgan fingerprint density at radius 3 is 2.89 bits per heavy atom. The van der Waals surface area contributed by atoms with Crippen LogP contribution in [0.25, 0.3) is 0 Å². The van der Waals surface area contributed by atoms with Crippen LogP contribution < -0.4 is 15.8 Å². The van der Waals surface area contributed by atoms with Gasteiger partial charge >= 0.3 is 0 Å². The van der Waals surface area contributed by atoms with Gasteiger partial charge in [0.15, 0.2) is 0 Å². The lowest BCUT2D eigenvalue weighted by molar-refractivity contribution is -0.115. The number of thioether (sulfide) groups is 1. The van der Waals surface area contributed by atoms with Crippen molar-refractivity contribution in [3.05, 3.63) is 18.2 Å². The Labute approximate surface area is 119 Å². The molecular weight excluding hydrogens is 260 g/mol. The number of nitrogen functional groups attached to an aromatic ring is 1. The number of anilines is 2. The van der Waals surface area contributed by atoms with Crippen LogP contribution in [-0.4, -0.2) is 24.5 Å². The SMILES string of the molecule is CCCCSCCC(=O)Nc1ccc(N)cc1OC. The largest absolute Gasteiger partial charge is 0.494 e. The quantitative estimate of drug-likeness (QED) is 0.568. The van der Waals surface area contributed by atoms with Crippen molar-refractivity contribution in [2.75, 3.05) is 29.7 Å². The molecule has 0 radical (unpaired) electrons. The molecule has 4 nitrogen and oxygen atoms in total. The zero-order valence-corrected chi connectivity index (χ0v) is 12.4. The molecule has 3 N–H and O–H groups in total. The Morgan fingerprint density at radius 2 is 2.21 bits per heavy atom. The molecule has 0 spiro atoms. The Balaban J connectivity index is 2.39. The predicted molar refractivity (Wildman–Crippen MR) is 82.9 cm³/mol. The molecule has 0 saturated heterocycles. The Morgan fingerprint density at radius 1 is 1.42 bits per heavy atom. The lowest BCUT2D eigenvalue weighted by Gasteiger charge is -2.10. The highest BCUT2D eigenvalue weighted by Gasteiger charge is 2.07. The summed E-state index contributed by atoms with van der Waals surface area (Å²) in [7, 11) is 1.56. The second-order valence-corrected chi connectivity index (χ2v) is 5.45. The summed E-state index contributed by atoms with van der Waals surface area (Å²) in [6.45, 7) is 2.17. The summed E-state index contributed by atoms with van der Waals surface area (Å²) in [4.78, 5) is 11.8. The van der Waals surface area contributed by atoms with Gasteiger partial charge in [-0.1, -0.05) is 13.3 Å². The highest BCUT2D eigenvalue weighted by molar-refractivity contribution is 7.99. The van der Waals surface area contributed by atoms with Gasteiger partial charge in [-0.2, -0.15) is 11.8 Å². The molecule has 1 aromatic carbocycles. The van der Waals surface area contributed by atoms with E-state index in [4.69, 9.17) is 10.5 Å². The third-order valence-electron chi connectivity index (χ3n) is 2.62. The summed E-state index contributed by atoms with van der Waals surface area (Å²) in [5.41, 5.74) is 6.95. The molecule has 0 unspecified atom stereocenters. The standard InChI is InChI=1S/C14H22N2O2S/c1-3-4-8-19-9-7-14(17)16-12-6-5-11(15)10-13(12)18-2/h5-6,10H,3-4,7-9,15H2,1-2H3,(H,16,17). The van der Waals surface area contributed by atoms with Crippen LogP contribution in [0, 0.1) is 0 Å². The number of carbonyl (C=O) groups excluding carboxylic acids is 1. The highest BCUT2D eigenvalue weighted by Crippen LogP contribution is 2.26. The smallest absolute Gasteiger partial charge is 0.225 e. The first-order chi connectivity index (χ1) is 9.17. The summed E-state index contributed by atoms with van der Waals surface area (Å²) < 4.78 is 5.18. The maximum Gasteiger partial charge on any atom is 0.225 e. The molecular formula is C14H22N2O2S. The van der Waals surface area contributed by atoms with Gasteiger partial charge in [0.05, 0.1) is 12.8 Å². The van der Waals surface area contributed by atoms with Crippen molar-refractivity contribution in [2.45, 2.75) is 26.2 Å². The average Bonchev–Trinajstić information content (AvgIpc) is 2.40. The van der Waals surface area contributed by atoms with Crippen molar-refractivity contribution < 1.29 is 9.53 Å². The minimum absolute atomic E-state index is 0.00655. The zero-order valence-electron chi connectivity index (χ0n) is 11.6. The van der Waals surface area contributed by atoms with Crippen molar-refractivity contribution in [3.8, 4) is 5.75 Å². The van der Waals surface area contributed by atoms with E-state index in [2.05, 4.69) is 12.2 Å². The van der Waals surface area contributed by atoms with E-state index < -0.39 is 0 Å². The number of ether oxygens (including phenoxy) is 1. The fraction of sp³-hybridized carbons (Fsp3) is 0.500. The number of hydrogen-bond donors (Lipinski definition) is 2. The first-order valence-electron chi connectivity index (χ1n) is 6.48. The maximum atomic E-state index is 11.8. The molecule has 0 aliphatic carbocycles. The summed E-state index contributed by atoms with van der Waals surface area (Å²) in [5.74, 6) is 2.57.